The highest BCUT2D eigenvalue weighted by Crippen LogP contribution is 2.13. The van der Waals surface area contributed by atoms with Gasteiger partial charge in [-0.25, -0.2) is 4.79 Å². The van der Waals surface area contributed by atoms with E-state index in [2.05, 4.69) is 13.8 Å². The molecule has 0 spiro atoms. The van der Waals surface area contributed by atoms with Crippen molar-refractivity contribution in [3.05, 3.63) is 12.2 Å². The molecular weight excluding hydrogens is 128 g/mol. The van der Waals surface area contributed by atoms with Gasteiger partial charge in [0.15, 0.2) is 0 Å². The second-order valence-electron chi connectivity index (χ2n) is 2.96. The Balaban J connectivity index is 2.33. The summed E-state index contributed by atoms with van der Waals surface area (Å²) in [6, 6.07) is 0. The third kappa shape index (κ3) is 1.87. The molecule has 1 atom stereocenters. The molecule has 0 saturated carbocycles. The number of carbonyl (C=O) groups is 1. The predicted octanol–water partition coefficient (Wildman–Crippen LogP) is 1.51. The molecule has 0 saturated heterocycles. The van der Waals surface area contributed by atoms with E-state index in [9.17, 15) is 4.79 Å². The third-order valence-electron chi connectivity index (χ3n) is 1.42. The van der Waals surface area contributed by atoms with Gasteiger partial charge in [0.1, 0.15) is 6.10 Å². The summed E-state index contributed by atoms with van der Waals surface area (Å²) in [6.45, 7) is 4.22. The Labute approximate surface area is 60.9 Å². The van der Waals surface area contributed by atoms with Crippen molar-refractivity contribution < 1.29 is 9.53 Å². The van der Waals surface area contributed by atoms with Gasteiger partial charge in [0.25, 0.3) is 0 Å². The number of carbonyl (C=O) groups excluding carboxylic acids is 1. The Kier molecular flexibility index (Phi) is 2.10. The third-order valence-corrected chi connectivity index (χ3v) is 1.42. The molecule has 1 rings (SSSR count). The first-order valence-electron chi connectivity index (χ1n) is 3.57. The van der Waals surface area contributed by atoms with E-state index in [1.807, 2.05) is 6.08 Å². The maximum absolute atomic E-state index is 10.5. The fraction of sp³-hybridized carbons (Fsp3) is 0.625. The molecule has 0 bridgehead atoms. The second-order valence-corrected chi connectivity index (χ2v) is 2.96. The minimum absolute atomic E-state index is 0.0347. The molecule has 1 aliphatic heterocycles. The Morgan fingerprint density at radius 2 is 2.40 bits per heavy atom. The number of rotatable bonds is 2. The molecule has 0 amide bonds. The van der Waals surface area contributed by atoms with Crippen LogP contribution < -0.4 is 0 Å². The van der Waals surface area contributed by atoms with Gasteiger partial charge < -0.3 is 4.74 Å². The van der Waals surface area contributed by atoms with Gasteiger partial charge in [-0.05, 0) is 18.4 Å². The van der Waals surface area contributed by atoms with E-state index >= 15 is 0 Å². The summed E-state index contributed by atoms with van der Waals surface area (Å²) in [7, 11) is 0. The van der Waals surface area contributed by atoms with Crippen LogP contribution in [0.4, 0.5) is 0 Å². The summed E-state index contributed by atoms with van der Waals surface area (Å²) in [6.07, 6.45) is 4.28. The first kappa shape index (κ1) is 7.32. The smallest absolute Gasteiger partial charge is 0.331 e. The monoisotopic (exact) mass is 140 g/mol. The van der Waals surface area contributed by atoms with Crippen LogP contribution in [0.3, 0.4) is 0 Å². The predicted molar refractivity (Wildman–Crippen MR) is 38.5 cm³/mol. The molecule has 0 fully saturated rings. The van der Waals surface area contributed by atoms with Crippen LogP contribution in [0, 0.1) is 5.92 Å². The average molecular weight is 140 g/mol. The molecule has 0 aromatic heterocycles. The highest BCUT2D eigenvalue weighted by atomic mass is 16.5. The van der Waals surface area contributed by atoms with Crippen molar-refractivity contribution in [2.24, 2.45) is 5.92 Å². The van der Waals surface area contributed by atoms with Crippen LogP contribution in [-0.4, -0.2) is 12.1 Å². The molecule has 0 radical (unpaired) electrons. The summed E-state index contributed by atoms with van der Waals surface area (Å²) in [4.78, 5) is 10.5. The lowest BCUT2D eigenvalue weighted by molar-refractivity contribution is -0.139. The van der Waals surface area contributed by atoms with Gasteiger partial charge in [0.2, 0.25) is 0 Å². The molecule has 0 aliphatic carbocycles. The van der Waals surface area contributed by atoms with Crippen LogP contribution in [0.5, 0.6) is 0 Å². The molecule has 1 aliphatic rings. The van der Waals surface area contributed by atoms with Gasteiger partial charge in [-0.1, -0.05) is 13.8 Å². The Morgan fingerprint density at radius 3 is 2.80 bits per heavy atom. The lowest BCUT2D eigenvalue weighted by atomic mass is 10.1. The maximum Gasteiger partial charge on any atom is 0.331 e. The molecular formula is C8H12O2. The Bertz CT molecular complexity index is 159. The van der Waals surface area contributed by atoms with Crippen molar-refractivity contribution in [2.75, 3.05) is 0 Å². The van der Waals surface area contributed by atoms with Crippen molar-refractivity contribution in [2.45, 2.75) is 26.4 Å². The van der Waals surface area contributed by atoms with Crippen LogP contribution in [0.15, 0.2) is 12.2 Å². The molecule has 1 unspecified atom stereocenters. The van der Waals surface area contributed by atoms with Crippen molar-refractivity contribution in [3.8, 4) is 0 Å². The molecule has 1 heterocycles. The van der Waals surface area contributed by atoms with E-state index in [4.69, 9.17) is 4.74 Å². The summed E-state index contributed by atoms with van der Waals surface area (Å²) in [5.74, 6) is 0.381. The minimum atomic E-state index is -0.203. The molecule has 2 nitrogen and oxygen atoms in total. The van der Waals surface area contributed by atoms with Gasteiger partial charge in [-0.2, -0.15) is 0 Å². The number of hydrogen-bond donors (Lipinski definition) is 0. The van der Waals surface area contributed by atoms with Crippen molar-refractivity contribution in [3.63, 3.8) is 0 Å². The maximum atomic E-state index is 10.5. The van der Waals surface area contributed by atoms with E-state index in [0.29, 0.717) is 5.92 Å². The number of hydrogen-bond acceptors (Lipinski definition) is 2. The summed E-state index contributed by atoms with van der Waals surface area (Å²) in [5, 5.41) is 0. The van der Waals surface area contributed by atoms with Crippen molar-refractivity contribution >= 4 is 5.97 Å². The minimum Gasteiger partial charge on any atom is -0.455 e. The fourth-order valence-corrected chi connectivity index (χ4v) is 1.00. The highest BCUT2D eigenvalue weighted by Gasteiger charge is 2.16. The highest BCUT2D eigenvalue weighted by molar-refractivity contribution is 5.84. The van der Waals surface area contributed by atoms with Crippen molar-refractivity contribution in [1.29, 1.82) is 0 Å². The summed E-state index contributed by atoms with van der Waals surface area (Å²) >= 11 is 0. The van der Waals surface area contributed by atoms with E-state index < -0.39 is 0 Å². The fourth-order valence-electron chi connectivity index (χ4n) is 1.00. The van der Waals surface area contributed by atoms with Gasteiger partial charge >= 0.3 is 5.97 Å². The summed E-state index contributed by atoms with van der Waals surface area (Å²) in [5.41, 5.74) is 0. The van der Waals surface area contributed by atoms with Crippen LogP contribution >= 0.6 is 0 Å². The van der Waals surface area contributed by atoms with E-state index in [-0.39, 0.29) is 12.1 Å². The molecule has 0 N–H and O–H groups in total. The number of esters is 1. The summed E-state index contributed by atoms with van der Waals surface area (Å²) < 4.78 is 4.92. The van der Waals surface area contributed by atoms with Crippen LogP contribution in [-0.2, 0) is 9.53 Å². The lowest BCUT2D eigenvalue weighted by Gasteiger charge is -2.09. The molecule has 0 aromatic rings. The first-order chi connectivity index (χ1) is 4.68. The molecule has 2 heteroatoms. The zero-order valence-electron chi connectivity index (χ0n) is 6.33. The van der Waals surface area contributed by atoms with Gasteiger partial charge in [0.05, 0.1) is 0 Å². The topological polar surface area (TPSA) is 26.3 Å². The van der Waals surface area contributed by atoms with Gasteiger partial charge in [-0.3, -0.25) is 0 Å². The first-order valence-corrected chi connectivity index (χ1v) is 3.57. The molecule has 56 valence electrons. The van der Waals surface area contributed by atoms with Crippen LogP contribution in [0.25, 0.3) is 0 Å². The second kappa shape index (κ2) is 2.86. The standard InChI is InChI=1S/C8H12O2/c1-6(2)5-7-3-4-8(9)10-7/h3-4,6-7H,5H2,1-2H3. The van der Waals surface area contributed by atoms with Crippen LogP contribution in [0.2, 0.25) is 0 Å². The Morgan fingerprint density at radius 1 is 1.70 bits per heavy atom. The zero-order valence-corrected chi connectivity index (χ0v) is 6.33. The molecule has 0 aromatic carbocycles. The number of cyclic esters (lactones) is 1. The number of ether oxygens (including phenoxy) is 1. The van der Waals surface area contributed by atoms with Crippen LogP contribution in [0.1, 0.15) is 20.3 Å². The van der Waals surface area contributed by atoms with E-state index in [0.717, 1.165) is 6.42 Å². The lowest BCUT2D eigenvalue weighted by Crippen LogP contribution is -2.10. The Hall–Kier alpha value is -0.790. The average Bonchev–Trinajstić information content (AvgIpc) is 2.13. The quantitative estimate of drug-likeness (QED) is 0.543. The zero-order chi connectivity index (χ0) is 7.56. The van der Waals surface area contributed by atoms with E-state index in [1.165, 1.54) is 6.08 Å². The van der Waals surface area contributed by atoms with Gasteiger partial charge in [0, 0.05) is 6.08 Å². The largest absolute Gasteiger partial charge is 0.455 e. The van der Waals surface area contributed by atoms with Crippen molar-refractivity contribution in [1.82, 2.24) is 0 Å². The van der Waals surface area contributed by atoms with E-state index in [1.54, 1.807) is 0 Å². The van der Waals surface area contributed by atoms with Gasteiger partial charge in [-0.15, -0.1) is 0 Å². The molecule has 10 heavy (non-hydrogen) atoms. The normalized spacial score (nSPS) is 23.9. The SMILES string of the molecule is CC(C)CC1C=CC(=O)O1.